The van der Waals surface area contributed by atoms with Gasteiger partial charge in [0.15, 0.2) is 0 Å². The summed E-state index contributed by atoms with van der Waals surface area (Å²) in [6.45, 7) is 8.70. The fraction of sp³-hybridized carbons (Fsp3) is 0.692. The Hall–Kier alpha value is -1.20. The molecule has 100 valence electrons. The zero-order valence-corrected chi connectivity index (χ0v) is 11.3. The highest BCUT2D eigenvalue weighted by atomic mass is 16.5. The van der Waals surface area contributed by atoms with Gasteiger partial charge in [-0.1, -0.05) is 0 Å². The minimum atomic E-state index is -0.179. The van der Waals surface area contributed by atoms with Crippen molar-refractivity contribution in [3.8, 4) is 0 Å². The van der Waals surface area contributed by atoms with E-state index in [1.54, 1.807) is 6.07 Å². The monoisotopic (exact) mass is 251 g/mol. The summed E-state index contributed by atoms with van der Waals surface area (Å²) in [5.41, 5.74) is 1.83. The molecule has 0 spiro atoms. The van der Waals surface area contributed by atoms with Gasteiger partial charge in [0.1, 0.15) is 0 Å². The molecule has 0 amide bonds. The standard InChI is InChI=1S/C13H21N3O2/c1-13(2,3)18-7-6-16-12(17)8-10-9-14-5-4-11(10)15-16/h8,14H,4-7,9H2,1-3H3. The fourth-order valence-corrected chi connectivity index (χ4v) is 1.96. The molecule has 0 aliphatic carbocycles. The molecule has 0 aromatic carbocycles. The van der Waals surface area contributed by atoms with Gasteiger partial charge in [-0.15, -0.1) is 0 Å². The maximum atomic E-state index is 11.9. The number of aromatic nitrogens is 2. The van der Waals surface area contributed by atoms with Gasteiger partial charge < -0.3 is 10.1 Å². The summed E-state index contributed by atoms with van der Waals surface area (Å²) in [5.74, 6) is 0. The van der Waals surface area contributed by atoms with Crippen molar-refractivity contribution in [3.05, 3.63) is 27.7 Å². The van der Waals surface area contributed by atoms with Crippen molar-refractivity contribution in [1.29, 1.82) is 0 Å². The number of ether oxygens (including phenoxy) is 1. The Morgan fingerprint density at radius 3 is 3.00 bits per heavy atom. The van der Waals surface area contributed by atoms with Crippen molar-refractivity contribution in [3.63, 3.8) is 0 Å². The van der Waals surface area contributed by atoms with E-state index in [1.807, 2.05) is 20.8 Å². The summed E-state index contributed by atoms with van der Waals surface area (Å²) in [5, 5.41) is 7.65. The second-order valence-electron chi connectivity index (χ2n) is 5.57. The Morgan fingerprint density at radius 2 is 2.28 bits per heavy atom. The summed E-state index contributed by atoms with van der Waals surface area (Å²) in [6.07, 6.45) is 0.885. The summed E-state index contributed by atoms with van der Waals surface area (Å²) in [7, 11) is 0. The van der Waals surface area contributed by atoms with Crippen LogP contribution in [0.1, 0.15) is 32.0 Å². The average Bonchev–Trinajstić information content (AvgIpc) is 2.28. The van der Waals surface area contributed by atoms with Gasteiger partial charge in [0.05, 0.1) is 24.4 Å². The molecule has 2 heterocycles. The van der Waals surface area contributed by atoms with Crippen LogP contribution in [-0.4, -0.2) is 28.5 Å². The molecule has 1 aliphatic rings. The number of hydrogen-bond donors (Lipinski definition) is 1. The lowest BCUT2D eigenvalue weighted by molar-refractivity contribution is -0.00842. The lowest BCUT2D eigenvalue weighted by Crippen LogP contribution is -2.33. The first-order valence-electron chi connectivity index (χ1n) is 6.40. The minimum absolute atomic E-state index is 0.0463. The Balaban J connectivity index is 2.07. The first-order valence-corrected chi connectivity index (χ1v) is 6.40. The molecular formula is C13H21N3O2. The van der Waals surface area contributed by atoms with Crippen LogP contribution in [0.15, 0.2) is 10.9 Å². The summed E-state index contributed by atoms with van der Waals surface area (Å²) in [4.78, 5) is 11.9. The molecule has 2 rings (SSSR count). The van der Waals surface area contributed by atoms with Crippen LogP contribution in [0.5, 0.6) is 0 Å². The second-order valence-corrected chi connectivity index (χ2v) is 5.57. The van der Waals surface area contributed by atoms with Gasteiger partial charge in [-0.3, -0.25) is 4.79 Å². The maximum absolute atomic E-state index is 11.9. The number of hydrogen-bond acceptors (Lipinski definition) is 4. The fourth-order valence-electron chi connectivity index (χ4n) is 1.96. The van der Waals surface area contributed by atoms with Gasteiger partial charge in [0.2, 0.25) is 0 Å². The first-order chi connectivity index (χ1) is 8.46. The predicted octanol–water partition coefficient (Wildman–Crippen LogP) is 0.704. The van der Waals surface area contributed by atoms with Crippen LogP contribution >= 0.6 is 0 Å². The maximum Gasteiger partial charge on any atom is 0.267 e. The summed E-state index contributed by atoms with van der Waals surface area (Å²) < 4.78 is 7.13. The lowest BCUT2D eigenvalue weighted by Gasteiger charge is -2.20. The highest BCUT2D eigenvalue weighted by molar-refractivity contribution is 5.20. The van der Waals surface area contributed by atoms with E-state index in [9.17, 15) is 4.79 Å². The van der Waals surface area contributed by atoms with Crippen LogP contribution in [0, 0.1) is 0 Å². The first kappa shape index (κ1) is 13.2. The van der Waals surface area contributed by atoms with Crippen LogP contribution in [0.2, 0.25) is 0 Å². The molecule has 0 radical (unpaired) electrons. The third-order valence-corrected chi connectivity index (χ3v) is 2.86. The number of rotatable bonds is 3. The molecule has 0 fully saturated rings. The zero-order valence-electron chi connectivity index (χ0n) is 11.3. The molecular weight excluding hydrogens is 230 g/mol. The third kappa shape index (κ3) is 3.40. The molecule has 1 aromatic rings. The van der Waals surface area contributed by atoms with Crippen molar-refractivity contribution in [2.45, 2.75) is 45.9 Å². The van der Waals surface area contributed by atoms with E-state index in [0.717, 1.165) is 30.8 Å². The topological polar surface area (TPSA) is 56.2 Å². The average molecular weight is 251 g/mol. The Kier molecular flexibility index (Phi) is 3.82. The highest BCUT2D eigenvalue weighted by Gasteiger charge is 2.14. The van der Waals surface area contributed by atoms with Crippen molar-refractivity contribution < 1.29 is 4.74 Å². The van der Waals surface area contributed by atoms with Crippen LogP contribution in [0.3, 0.4) is 0 Å². The lowest BCUT2D eigenvalue weighted by atomic mass is 10.1. The van der Waals surface area contributed by atoms with E-state index in [4.69, 9.17) is 4.74 Å². The van der Waals surface area contributed by atoms with Gasteiger partial charge in [0, 0.05) is 25.6 Å². The van der Waals surface area contributed by atoms with E-state index in [2.05, 4.69) is 10.4 Å². The largest absolute Gasteiger partial charge is 0.374 e. The molecule has 1 aliphatic heterocycles. The van der Waals surface area contributed by atoms with Crippen molar-refractivity contribution >= 4 is 0 Å². The molecule has 0 bridgehead atoms. The van der Waals surface area contributed by atoms with Crippen molar-refractivity contribution in [1.82, 2.24) is 15.1 Å². The Bertz CT molecular complexity index is 474. The van der Waals surface area contributed by atoms with Crippen LogP contribution in [0.25, 0.3) is 0 Å². The molecule has 1 aromatic heterocycles. The summed E-state index contributed by atoms with van der Waals surface area (Å²) >= 11 is 0. The molecule has 5 heteroatoms. The van der Waals surface area contributed by atoms with Gasteiger partial charge in [-0.2, -0.15) is 5.10 Å². The van der Waals surface area contributed by atoms with Gasteiger partial charge in [-0.25, -0.2) is 4.68 Å². The second kappa shape index (κ2) is 5.20. The molecule has 0 unspecified atom stereocenters. The highest BCUT2D eigenvalue weighted by Crippen LogP contribution is 2.08. The van der Waals surface area contributed by atoms with Crippen LogP contribution in [-0.2, 0) is 24.2 Å². The van der Waals surface area contributed by atoms with Crippen molar-refractivity contribution in [2.24, 2.45) is 0 Å². The normalized spacial score (nSPS) is 15.5. The van der Waals surface area contributed by atoms with Gasteiger partial charge >= 0.3 is 0 Å². The van der Waals surface area contributed by atoms with E-state index >= 15 is 0 Å². The smallest absolute Gasteiger partial charge is 0.267 e. The predicted molar refractivity (Wildman–Crippen MR) is 69.6 cm³/mol. The molecule has 1 N–H and O–H groups in total. The zero-order chi connectivity index (χ0) is 13.2. The molecule has 0 saturated heterocycles. The Labute approximate surface area is 107 Å². The van der Waals surface area contributed by atoms with E-state index in [1.165, 1.54) is 4.68 Å². The quantitative estimate of drug-likeness (QED) is 0.859. The van der Waals surface area contributed by atoms with E-state index in [-0.39, 0.29) is 11.2 Å². The van der Waals surface area contributed by atoms with Crippen molar-refractivity contribution in [2.75, 3.05) is 13.2 Å². The number of nitrogens with zero attached hydrogens (tertiary/aromatic N) is 2. The Morgan fingerprint density at radius 1 is 1.50 bits per heavy atom. The summed E-state index contributed by atoms with van der Waals surface area (Å²) in [6, 6.07) is 1.69. The third-order valence-electron chi connectivity index (χ3n) is 2.86. The van der Waals surface area contributed by atoms with Crippen LogP contribution in [0.4, 0.5) is 0 Å². The molecule has 18 heavy (non-hydrogen) atoms. The van der Waals surface area contributed by atoms with Gasteiger partial charge in [-0.05, 0) is 26.3 Å². The van der Waals surface area contributed by atoms with Crippen LogP contribution < -0.4 is 10.9 Å². The minimum Gasteiger partial charge on any atom is -0.374 e. The number of fused-ring (bicyclic) bond motifs is 1. The molecule has 0 saturated carbocycles. The molecule has 0 atom stereocenters. The van der Waals surface area contributed by atoms with E-state index < -0.39 is 0 Å². The van der Waals surface area contributed by atoms with E-state index in [0.29, 0.717) is 13.2 Å². The number of nitrogens with one attached hydrogen (secondary N) is 1. The van der Waals surface area contributed by atoms with Gasteiger partial charge in [0.25, 0.3) is 5.56 Å². The SMILES string of the molecule is CC(C)(C)OCCn1nc2c(cc1=O)CNCC2. The molecule has 5 nitrogen and oxygen atoms in total.